The fraction of sp³-hybridized carbons (Fsp3) is 0.286. The molecule has 0 bridgehead atoms. The van der Waals surface area contributed by atoms with Gasteiger partial charge in [0.25, 0.3) is 5.91 Å². The van der Waals surface area contributed by atoms with Gasteiger partial charge in [0.05, 0.1) is 6.26 Å². The van der Waals surface area contributed by atoms with Crippen molar-refractivity contribution in [3.63, 3.8) is 0 Å². The number of rotatable bonds is 3. The first-order chi connectivity index (χ1) is 5.59. The fourth-order valence-corrected chi connectivity index (χ4v) is 1.34. The first kappa shape index (κ1) is 9.15. The molecule has 0 saturated heterocycles. The molecule has 1 aromatic rings. The lowest BCUT2D eigenvalue weighted by Gasteiger charge is -2.00. The lowest BCUT2D eigenvalue weighted by atomic mass is 10.4. The average Bonchev–Trinajstić information content (AvgIpc) is 2.34. The average molecular weight is 187 g/mol. The number of nitrogens with two attached hydrogens (primary N) is 1. The van der Waals surface area contributed by atoms with Gasteiger partial charge in [0.15, 0.2) is 17.3 Å². The highest BCUT2D eigenvalue weighted by atomic mass is 32.2. The molecule has 0 spiro atoms. The minimum absolute atomic E-state index is 0.107. The molecule has 0 fully saturated rings. The van der Waals surface area contributed by atoms with Crippen LogP contribution in [0.4, 0.5) is 0 Å². The SMILES string of the molecule is C[S+]([O-])Cc1ccc(C(N)=O)o1. The Kier molecular flexibility index (Phi) is 2.78. The highest BCUT2D eigenvalue weighted by molar-refractivity contribution is 7.89. The molecule has 66 valence electrons. The van der Waals surface area contributed by atoms with Crippen molar-refractivity contribution in [3.05, 3.63) is 23.7 Å². The maximum Gasteiger partial charge on any atom is 0.284 e. The lowest BCUT2D eigenvalue weighted by molar-refractivity contribution is 0.0972. The van der Waals surface area contributed by atoms with E-state index in [2.05, 4.69) is 0 Å². The number of furan rings is 1. The standard InChI is InChI=1S/C7H9NO3S/c1-12(10)4-5-2-3-6(11-5)7(8)9/h2-3H,4H2,1H3,(H2,8,9). The van der Waals surface area contributed by atoms with Gasteiger partial charge in [-0.05, 0) is 23.3 Å². The van der Waals surface area contributed by atoms with Gasteiger partial charge in [0.1, 0.15) is 0 Å². The normalized spacial score (nSPS) is 12.8. The Bertz CT molecular complexity index is 282. The second-order valence-electron chi connectivity index (χ2n) is 2.35. The highest BCUT2D eigenvalue weighted by Crippen LogP contribution is 2.09. The van der Waals surface area contributed by atoms with Crippen LogP contribution in [0.1, 0.15) is 16.3 Å². The predicted octanol–water partition coefficient (Wildman–Crippen LogP) is 0.257. The summed E-state index contributed by atoms with van der Waals surface area (Å²) < 4.78 is 15.7. The highest BCUT2D eigenvalue weighted by Gasteiger charge is 2.09. The number of hydrogen-bond acceptors (Lipinski definition) is 3. The Balaban J connectivity index is 2.71. The smallest absolute Gasteiger partial charge is 0.284 e. The van der Waals surface area contributed by atoms with Crippen molar-refractivity contribution in [2.24, 2.45) is 5.73 Å². The number of amides is 1. The number of primary amides is 1. The van der Waals surface area contributed by atoms with Crippen molar-refractivity contribution in [1.82, 2.24) is 0 Å². The Hall–Kier alpha value is -0.940. The number of hydrogen-bond donors (Lipinski definition) is 1. The molecule has 4 nitrogen and oxygen atoms in total. The quantitative estimate of drug-likeness (QED) is 0.689. The Morgan fingerprint density at radius 1 is 1.75 bits per heavy atom. The van der Waals surface area contributed by atoms with E-state index in [0.29, 0.717) is 11.5 Å². The first-order valence-electron chi connectivity index (χ1n) is 3.28. The zero-order chi connectivity index (χ0) is 9.14. The van der Waals surface area contributed by atoms with Gasteiger partial charge < -0.3 is 14.7 Å². The summed E-state index contributed by atoms with van der Waals surface area (Å²) in [6, 6.07) is 3.08. The molecular weight excluding hydrogens is 178 g/mol. The van der Waals surface area contributed by atoms with Crippen LogP contribution >= 0.6 is 0 Å². The van der Waals surface area contributed by atoms with Crippen LogP contribution in [0.25, 0.3) is 0 Å². The zero-order valence-corrected chi connectivity index (χ0v) is 7.39. The maximum absolute atomic E-state index is 10.7. The second kappa shape index (κ2) is 3.64. The molecular formula is C7H9NO3S. The molecule has 1 aromatic heterocycles. The van der Waals surface area contributed by atoms with Crippen LogP contribution in [0.2, 0.25) is 0 Å². The van der Waals surface area contributed by atoms with E-state index in [-0.39, 0.29) is 5.76 Å². The summed E-state index contributed by atoms with van der Waals surface area (Å²) in [6.07, 6.45) is 1.56. The zero-order valence-electron chi connectivity index (χ0n) is 6.57. The predicted molar refractivity (Wildman–Crippen MR) is 45.0 cm³/mol. The van der Waals surface area contributed by atoms with Gasteiger partial charge in [-0.1, -0.05) is 0 Å². The summed E-state index contributed by atoms with van der Waals surface area (Å²) in [7, 11) is 0. The van der Waals surface area contributed by atoms with Crippen LogP contribution in [0.3, 0.4) is 0 Å². The van der Waals surface area contributed by atoms with Gasteiger partial charge in [-0.2, -0.15) is 0 Å². The van der Waals surface area contributed by atoms with Crippen LogP contribution < -0.4 is 5.73 Å². The largest absolute Gasteiger partial charge is 0.616 e. The fourth-order valence-electron chi connectivity index (χ4n) is 0.788. The molecule has 0 aliphatic carbocycles. The Labute approximate surface area is 72.9 Å². The van der Waals surface area contributed by atoms with E-state index in [1.165, 1.54) is 6.07 Å². The molecule has 1 rings (SSSR count). The summed E-state index contributed by atoms with van der Waals surface area (Å²) in [5, 5.41) is 0. The van der Waals surface area contributed by atoms with Crippen molar-refractivity contribution < 1.29 is 13.8 Å². The third kappa shape index (κ3) is 2.28. The summed E-state index contributed by atoms with van der Waals surface area (Å²) in [6.45, 7) is 0. The van der Waals surface area contributed by atoms with Gasteiger partial charge in [-0.15, -0.1) is 0 Å². The van der Waals surface area contributed by atoms with E-state index < -0.39 is 17.1 Å². The molecule has 1 unspecified atom stereocenters. The summed E-state index contributed by atoms with van der Waals surface area (Å²) in [4.78, 5) is 10.6. The molecule has 0 saturated carbocycles. The van der Waals surface area contributed by atoms with Crippen molar-refractivity contribution in [1.29, 1.82) is 0 Å². The maximum atomic E-state index is 10.7. The molecule has 5 heteroatoms. The Morgan fingerprint density at radius 2 is 2.42 bits per heavy atom. The Morgan fingerprint density at radius 3 is 2.83 bits per heavy atom. The van der Waals surface area contributed by atoms with Gasteiger partial charge in [0.2, 0.25) is 0 Å². The van der Waals surface area contributed by atoms with Gasteiger partial charge in [-0.3, -0.25) is 4.79 Å². The molecule has 0 radical (unpaired) electrons. The summed E-state index contributed by atoms with van der Waals surface area (Å²) in [5.41, 5.74) is 4.95. The van der Waals surface area contributed by atoms with E-state index in [1.807, 2.05) is 0 Å². The van der Waals surface area contributed by atoms with Gasteiger partial charge in [0, 0.05) is 0 Å². The minimum atomic E-state index is -0.962. The number of carbonyl (C=O) groups excluding carboxylic acids is 1. The van der Waals surface area contributed by atoms with Crippen molar-refractivity contribution in [3.8, 4) is 0 Å². The third-order valence-electron chi connectivity index (χ3n) is 1.25. The molecule has 1 atom stereocenters. The molecule has 1 heterocycles. The minimum Gasteiger partial charge on any atom is -0.616 e. The molecule has 0 aliphatic heterocycles. The first-order valence-corrected chi connectivity index (χ1v) is 5.01. The molecule has 1 amide bonds. The van der Waals surface area contributed by atoms with E-state index in [9.17, 15) is 9.35 Å². The molecule has 2 N–H and O–H groups in total. The van der Waals surface area contributed by atoms with E-state index in [4.69, 9.17) is 10.2 Å². The van der Waals surface area contributed by atoms with Crippen LogP contribution in [-0.2, 0) is 16.9 Å². The van der Waals surface area contributed by atoms with E-state index in [1.54, 1.807) is 12.3 Å². The molecule has 0 aliphatic rings. The topological polar surface area (TPSA) is 79.3 Å². The van der Waals surface area contributed by atoms with Crippen LogP contribution in [-0.4, -0.2) is 16.7 Å². The summed E-state index contributed by atoms with van der Waals surface area (Å²) >= 11 is -0.962. The van der Waals surface area contributed by atoms with Crippen LogP contribution in [0, 0.1) is 0 Å². The van der Waals surface area contributed by atoms with Gasteiger partial charge >= 0.3 is 0 Å². The van der Waals surface area contributed by atoms with Crippen molar-refractivity contribution in [2.45, 2.75) is 5.75 Å². The van der Waals surface area contributed by atoms with Gasteiger partial charge in [-0.25, -0.2) is 0 Å². The monoisotopic (exact) mass is 187 g/mol. The van der Waals surface area contributed by atoms with Crippen LogP contribution in [0.5, 0.6) is 0 Å². The van der Waals surface area contributed by atoms with Crippen molar-refractivity contribution >= 4 is 17.1 Å². The lowest BCUT2D eigenvalue weighted by Crippen LogP contribution is -2.09. The van der Waals surface area contributed by atoms with E-state index >= 15 is 0 Å². The van der Waals surface area contributed by atoms with E-state index in [0.717, 1.165) is 0 Å². The molecule has 12 heavy (non-hydrogen) atoms. The molecule has 0 aromatic carbocycles. The third-order valence-corrected chi connectivity index (χ3v) is 1.94. The second-order valence-corrected chi connectivity index (χ2v) is 3.78. The van der Waals surface area contributed by atoms with Crippen LogP contribution in [0.15, 0.2) is 16.5 Å². The summed E-state index contributed by atoms with van der Waals surface area (Å²) in [5.74, 6) is 0.330. The number of carbonyl (C=O) groups is 1. The van der Waals surface area contributed by atoms with Crippen molar-refractivity contribution in [2.75, 3.05) is 6.26 Å².